The second kappa shape index (κ2) is 17.7. The van der Waals surface area contributed by atoms with Gasteiger partial charge in [-0.3, -0.25) is 9.80 Å². The molecule has 0 spiro atoms. The lowest BCUT2D eigenvalue weighted by Crippen LogP contribution is -2.51. The number of hydrogen-bond donors (Lipinski definition) is 2. The fraction of sp³-hybridized carbons (Fsp3) is 0.692. The minimum Gasteiger partial charge on any atom is -0.437 e. The van der Waals surface area contributed by atoms with E-state index >= 15 is 0 Å². The predicted molar refractivity (Wildman–Crippen MR) is 211 cm³/mol. The van der Waals surface area contributed by atoms with Crippen molar-refractivity contribution in [2.45, 2.75) is 125 Å². The molecule has 2 heterocycles. The molecule has 5 nitrogen and oxygen atoms in total. The van der Waals surface area contributed by atoms with Crippen LogP contribution in [0.2, 0.25) is 6.82 Å². The van der Waals surface area contributed by atoms with Crippen LogP contribution >= 0.6 is 24.8 Å². The monoisotopic (exact) mass is 690 g/mol. The third-order valence-corrected chi connectivity index (χ3v) is 9.41. The fourth-order valence-electron chi connectivity index (χ4n) is 5.98. The van der Waals surface area contributed by atoms with Crippen LogP contribution in [0.4, 0.5) is 0 Å². The van der Waals surface area contributed by atoms with Crippen molar-refractivity contribution in [1.82, 2.24) is 19.9 Å². The average Bonchev–Trinajstić information content (AvgIpc) is 2.92. The molecule has 0 atom stereocenters. The molecule has 0 aliphatic carbocycles. The van der Waals surface area contributed by atoms with Gasteiger partial charge in [0.25, 0.3) is 0 Å². The molecule has 8 heteroatoms. The summed E-state index contributed by atoms with van der Waals surface area (Å²) in [6.45, 7) is 40.0. The molecule has 47 heavy (non-hydrogen) atoms. The summed E-state index contributed by atoms with van der Waals surface area (Å²) in [5, 5.41) is 13.1. The van der Waals surface area contributed by atoms with E-state index in [-0.39, 0.29) is 53.5 Å². The van der Waals surface area contributed by atoms with Gasteiger partial charge in [-0.25, -0.2) is 0 Å². The van der Waals surface area contributed by atoms with Gasteiger partial charge in [0.05, 0.1) is 0 Å². The van der Waals surface area contributed by atoms with Gasteiger partial charge in [0.2, 0.25) is 0 Å². The number of benzene rings is 2. The molecule has 2 aromatic carbocycles. The van der Waals surface area contributed by atoms with E-state index in [0.717, 1.165) is 65.4 Å². The summed E-state index contributed by atoms with van der Waals surface area (Å²) >= 11 is 0. The molecular formula is C39H69BCl2N4O. The number of nitrogens with zero attached hydrogens (tertiary/aromatic N) is 3. The highest BCUT2D eigenvalue weighted by Gasteiger charge is 2.25. The van der Waals surface area contributed by atoms with Gasteiger partial charge in [0.1, 0.15) is 0 Å². The Balaban J connectivity index is 0.000000454. The Kier molecular flexibility index (Phi) is 16.5. The minimum atomic E-state index is -0.330. The molecule has 2 fully saturated rings. The summed E-state index contributed by atoms with van der Waals surface area (Å²) in [4.78, 5) is 7.21. The molecule has 0 saturated carbocycles. The molecule has 0 bridgehead atoms. The predicted octanol–water partition coefficient (Wildman–Crippen LogP) is 8.04. The third kappa shape index (κ3) is 14.0. The largest absolute Gasteiger partial charge is 0.437 e. The van der Waals surface area contributed by atoms with Crippen LogP contribution in [-0.4, -0.2) is 79.0 Å². The summed E-state index contributed by atoms with van der Waals surface area (Å²) < 4.78 is 0. The molecule has 0 radical (unpaired) electrons. The van der Waals surface area contributed by atoms with Crippen molar-refractivity contribution >= 4 is 31.9 Å². The molecule has 2 aromatic rings. The molecular weight excluding hydrogens is 622 g/mol. The van der Waals surface area contributed by atoms with Crippen molar-refractivity contribution in [3.05, 3.63) is 69.8 Å². The molecule has 0 aromatic heterocycles. The third-order valence-electron chi connectivity index (χ3n) is 9.41. The standard InChI is InChI=1S/C20H35BN2O.C19H32N2.2ClH/c1-19(2,3)17-12-16(13-18(14-17)20(4,5)6)15-22-8-10-23(11-9-22)21(7)24;1-18(2,3)16-11-15(12-17(13-16)19(4,5)6)14-21-9-7-20-8-10-21;;/h12-14,24H,8-11,15H2,1-7H3;11-13,20H,7-10,14H2,1-6H3;2*1H. The highest BCUT2D eigenvalue weighted by molar-refractivity contribution is 6.45. The molecule has 2 aliphatic rings. The van der Waals surface area contributed by atoms with E-state index in [9.17, 15) is 5.02 Å². The SMILES string of the molecule is CB(O)N1CCN(Cc2cc(C(C)(C)C)cc(C(C)(C)C)c2)CC1.CC(C)(C)c1cc(CN2CCNCC2)cc(C(C)(C)C)c1.Cl.Cl. The van der Waals surface area contributed by atoms with E-state index in [2.05, 4.69) is 139 Å². The Morgan fingerprint density at radius 3 is 1.11 bits per heavy atom. The van der Waals surface area contributed by atoms with E-state index in [1.165, 1.54) is 33.4 Å². The number of rotatable bonds is 5. The maximum Gasteiger partial charge on any atom is 0.376 e. The second-order valence-corrected chi connectivity index (χ2v) is 17.8. The lowest BCUT2D eigenvalue weighted by molar-refractivity contribution is 0.169. The topological polar surface area (TPSA) is 42.0 Å². The molecule has 0 unspecified atom stereocenters. The Morgan fingerprint density at radius 2 is 0.830 bits per heavy atom. The summed E-state index contributed by atoms with van der Waals surface area (Å²) in [6.07, 6.45) is 0. The first kappa shape index (κ1) is 43.9. The Labute approximate surface area is 302 Å². The first-order valence-electron chi connectivity index (χ1n) is 17.5. The van der Waals surface area contributed by atoms with Gasteiger partial charge in [0.15, 0.2) is 0 Å². The summed E-state index contributed by atoms with van der Waals surface area (Å²) in [6, 6.07) is 14.4. The van der Waals surface area contributed by atoms with E-state index in [1.807, 2.05) is 6.82 Å². The number of piperazine rings is 2. The van der Waals surface area contributed by atoms with Gasteiger partial charge in [-0.2, -0.15) is 0 Å². The molecule has 2 saturated heterocycles. The summed E-state index contributed by atoms with van der Waals surface area (Å²) in [5.41, 5.74) is 9.40. The zero-order valence-electron chi connectivity index (χ0n) is 32.2. The lowest BCUT2D eigenvalue weighted by atomic mass is 9.79. The lowest BCUT2D eigenvalue weighted by Gasteiger charge is -2.35. The highest BCUT2D eigenvalue weighted by atomic mass is 35.5. The number of hydrogen-bond acceptors (Lipinski definition) is 5. The molecule has 2 N–H and O–H groups in total. The van der Waals surface area contributed by atoms with Crippen LogP contribution in [0.15, 0.2) is 36.4 Å². The van der Waals surface area contributed by atoms with Gasteiger partial charge in [-0.15, -0.1) is 24.8 Å². The van der Waals surface area contributed by atoms with Crippen molar-refractivity contribution in [2.24, 2.45) is 0 Å². The van der Waals surface area contributed by atoms with Crippen molar-refractivity contribution < 1.29 is 5.02 Å². The van der Waals surface area contributed by atoms with Crippen LogP contribution in [-0.2, 0) is 34.7 Å². The number of nitrogens with one attached hydrogen (secondary N) is 1. The Bertz CT molecular complexity index is 1160. The molecule has 0 amide bonds. The molecule has 4 rings (SSSR count). The van der Waals surface area contributed by atoms with Crippen molar-refractivity contribution in [3.8, 4) is 0 Å². The van der Waals surface area contributed by atoms with Crippen LogP contribution in [0.1, 0.15) is 116 Å². The van der Waals surface area contributed by atoms with E-state index in [0.29, 0.717) is 0 Å². The molecule has 268 valence electrons. The van der Waals surface area contributed by atoms with Gasteiger partial charge >= 0.3 is 7.05 Å². The second-order valence-electron chi connectivity index (χ2n) is 17.8. The van der Waals surface area contributed by atoms with E-state index in [1.54, 1.807) is 0 Å². The quantitative estimate of drug-likeness (QED) is 0.311. The van der Waals surface area contributed by atoms with Crippen LogP contribution < -0.4 is 5.32 Å². The van der Waals surface area contributed by atoms with Gasteiger partial charge in [0, 0.05) is 65.4 Å². The Morgan fingerprint density at radius 1 is 0.532 bits per heavy atom. The smallest absolute Gasteiger partial charge is 0.376 e. The van der Waals surface area contributed by atoms with Crippen LogP contribution in [0.25, 0.3) is 0 Å². The van der Waals surface area contributed by atoms with E-state index < -0.39 is 0 Å². The molecule has 2 aliphatic heterocycles. The van der Waals surface area contributed by atoms with Gasteiger partial charge in [-0.1, -0.05) is 119 Å². The van der Waals surface area contributed by atoms with E-state index in [4.69, 9.17) is 0 Å². The first-order valence-corrected chi connectivity index (χ1v) is 17.5. The minimum absolute atomic E-state index is 0. The van der Waals surface area contributed by atoms with Crippen LogP contribution in [0.3, 0.4) is 0 Å². The Hall–Kier alpha value is -1.12. The van der Waals surface area contributed by atoms with Gasteiger partial charge < -0.3 is 15.2 Å². The maximum absolute atomic E-state index is 9.71. The fourth-order valence-corrected chi connectivity index (χ4v) is 5.98. The number of halogens is 2. The maximum atomic E-state index is 9.71. The zero-order valence-corrected chi connectivity index (χ0v) is 33.9. The van der Waals surface area contributed by atoms with Crippen molar-refractivity contribution in [3.63, 3.8) is 0 Å². The average molecular weight is 692 g/mol. The first-order chi connectivity index (χ1) is 20.6. The van der Waals surface area contributed by atoms with Crippen molar-refractivity contribution in [2.75, 3.05) is 52.4 Å². The van der Waals surface area contributed by atoms with Crippen LogP contribution in [0, 0.1) is 0 Å². The van der Waals surface area contributed by atoms with Crippen LogP contribution in [0.5, 0.6) is 0 Å². The summed E-state index contributed by atoms with van der Waals surface area (Å²) in [7, 11) is -0.330. The van der Waals surface area contributed by atoms with Crippen molar-refractivity contribution in [1.29, 1.82) is 0 Å². The highest BCUT2D eigenvalue weighted by Crippen LogP contribution is 2.32. The zero-order chi connectivity index (χ0) is 33.8. The summed E-state index contributed by atoms with van der Waals surface area (Å²) in [5.74, 6) is 0. The normalized spacial score (nSPS) is 17.2. The van der Waals surface area contributed by atoms with Gasteiger partial charge in [-0.05, 0) is 61.9 Å².